The molecule has 5 rings (SSSR count). The molecule has 0 amide bonds. The molecule has 1 fully saturated rings. The van der Waals surface area contributed by atoms with Crippen LogP contribution >= 0.6 is 0 Å². The van der Waals surface area contributed by atoms with Crippen LogP contribution in [0.25, 0.3) is 11.3 Å². The van der Waals surface area contributed by atoms with Gasteiger partial charge in [-0.3, -0.25) is 4.90 Å². The van der Waals surface area contributed by atoms with Crippen molar-refractivity contribution in [1.29, 1.82) is 0 Å². The lowest BCUT2D eigenvalue weighted by molar-refractivity contribution is -0.140. The first-order valence-electron chi connectivity index (χ1n) is 9.42. The highest BCUT2D eigenvalue weighted by Gasteiger charge is 2.34. The van der Waals surface area contributed by atoms with Gasteiger partial charge in [0, 0.05) is 57.5 Å². The van der Waals surface area contributed by atoms with Crippen LogP contribution in [-0.4, -0.2) is 49.8 Å². The van der Waals surface area contributed by atoms with E-state index in [2.05, 4.69) is 19.8 Å². The highest BCUT2D eigenvalue weighted by Crippen LogP contribution is 2.29. The molecule has 0 bridgehead atoms. The van der Waals surface area contributed by atoms with Gasteiger partial charge >= 0.3 is 6.18 Å². The van der Waals surface area contributed by atoms with E-state index in [1.807, 2.05) is 41.1 Å². The summed E-state index contributed by atoms with van der Waals surface area (Å²) >= 11 is 0. The van der Waals surface area contributed by atoms with Crippen LogP contribution in [0.15, 0.2) is 55.1 Å². The Morgan fingerprint density at radius 3 is 2.38 bits per heavy atom. The van der Waals surface area contributed by atoms with Gasteiger partial charge in [0.1, 0.15) is 11.3 Å². The lowest BCUT2D eigenvalue weighted by Gasteiger charge is -2.35. The maximum atomic E-state index is 12.9. The van der Waals surface area contributed by atoms with Gasteiger partial charge in [-0.25, -0.2) is 9.97 Å². The van der Waals surface area contributed by atoms with Crippen LogP contribution in [0, 0.1) is 0 Å². The lowest BCUT2D eigenvalue weighted by Crippen LogP contribution is -2.46. The minimum absolute atomic E-state index is 0.298. The van der Waals surface area contributed by atoms with E-state index < -0.39 is 11.9 Å². The fourth-order valence-corrected chi connectivity index (χ4v) is 3.76. The molecule has 5 heterocycles. The zero-order valence-corrected chi connectivity index (χ0v) is 15.5. The molecule has 4 aromatic rings. The topological polar surface area (TPSA) is 41.1 Å². The molecule has 1 saturated heterocycles. The molecule has 0 saturated carbocycles. The summed E-state index contributed by atoms with van der Waals surface area (Å²) in [5, 5.41) is 0. The first-order valence-corrected chi connectivity index (χ1v) is 9.42. The molecule has 0 N–H and O–H groups in total. The predicted molar refractivity (Wildman–Crippen MR) is 103 cm³/mol. The maximum Gasteiger partial charge on any atom is 0.434 e. The summed E-state index contributed by atoms with van der Waals surface area (Å²) in [6.07, 6.45) is 2.36. The molecule has 150 valence electrons. The van der Waals surface area contributed by atoms with Crippen LogP contribution in [0.2, 0.25) is 0 Å². The Morgan fingerprint density at radius 1 is 0.828 bits per heavy atom. The van der Waals surface area contributed by atoms with E-state index in [0.29, 0.717) is 5.65 Å². The normalized spacial score (nSPS) is 16.2. The molecule has 0 radical (unpaired) electrons. The lowest BCUT2D eigenvalue weighted by atomic mass is 10.2. The molecular weight excluding hydrogens is 381 g/mol. The Bertz CT molecular complexity index is 1120. The fraction of sp³-hybridized carbons (Fsp3) is 0.300. The first kappa shape index (κ1) is 18.0. The predicted octanol–water partition coefficient (Wildman–Crippen LogP) is 3.32. The Labute approximate surface area is 164 Å². The average molecular weight is 400 g/mol. The van der Waals surface area contributed by atoms with Gasteiger partial charge in [0.05, 0.1) is 11.4 Å². The van der Waals surface area contributed by atoms with Gasteiger partial charge in [-0.2, -0.15) is 13.2 Å². The largest absolute Gasteiger partial charge is 0.434 e. The fourth-order valence-electron chi connectivity index (χ4n) is 3.76. The minimum atomic E-state index is -4.43. The number of alkyl halides is 3. The van der Waals surface area contributed by atoms with E-state index in [1.165, 1.54) is 4.40 Å². The summed E-state index contributed by atoms with van der Waals surface area (Å²) in [6.45, 7) is 4.12. The van der Waals surface area contributed by atoms with Gasteiger partial charge in [0.25, 0.3) is 0 Å². The van der Waals surface area contributed by atoms with Crippen molar-refractivity contribution in [3.8, 4) is 0 Å². The number of nitrogens with zero attached hydrogens (tertiary/aromatic N) is 6. The zero-order valence-electron chi connectivity index (χ0n) is 15.5. The molecule has 1 aliphatic rings. The van der Waals surface area contributed by atoms with Crippen LogP contribution in [0.5, 0.6) is 0 Å². The number of hydrogen-bond donors (Lipinski definition) is 0. The molecule has 1 aliphatic heterocycles. The molecule has 6 nitrogen and oxygen atoms in total. The van der Waals surface area contributed by atoms with Crippen molar-refractivity contribution >= 4 is 17.0 Å². The smallest absolute Gasteiger partial charge is 0.368 e. The van der Waals surface area contributed by atoms with Crippen LogP contribution in [0.1, 0.15) is 11.4 Å². The van der Waals surface area contributed by atoms with E-state index in [1.54, 1.807) is 12.3 Å². The maximum absolute atomic E-state index is 12.9. The van der Waals surface area contributed by atoms with Crippen molar-refractivity contribution in [2.75, 3.05) is 31.1 Å². The number of anilines is 1. The quantitative estimate of drug-likeness (QED) is 0.529. The molecular formula is C20H19F3N6. The molecule has 9 heteroatoms. The van der Waals surface area contributed by atoms with Crippen molar-refractivity contribution in [2.24, 2.45) is 0 Å². The van der Waals surface area contributed by atoms with E-state index in [4.69, 9.17) is 0 Å². The van der Waals surface area contributed by atoms with E-state index in [9.17, 15) is 13.2 Å². The summed E-state index contributed by atoms with van der Waals surface area (Å²) in [6, 6.07) is 9.40. The number of halogens is 3. The summed E-state index contributed by atoms with van der Waals surface area (Å²) in [7, 11) is 0. The molecule has 0 aliphatic carbocycles. The van der Waals surface area contributed by atoms with Gasteiger partial charge < -0.3 is 13.7 Å². The Balaban J connectivity index is 1.26. The molecule has 0 atom stereocenters. The van der Waals surface area contributed by atoms with Gasteiger partial charge in [-0.1, -0.05) is 6.07 Å². The third-order valence-corrected chi connectivity index (χ3v) is 5.26. The van der Waals surface area contributed by atoms with Gasteiger partial charge in [-0.15, -0.1) is 0 Å². The number of hydrogen-bond acceptors (Lipinski definition) is 4. The molecule has 4 aromatic heterocycles. The second-order valence-electron chi connectivity index (χ2n) is 7.24. The Kier molecular flexibility index (Phi) is 4.20. The van der Waals surface area contributed by atoms with Crippen molar-refractivity contribution in [3.63, 3.8) is 0 Å². The third-order valence-electron chi connectivity index (χ3n) is 5.26. The number of aromatic nitrogens is 4. The zero-order chi connectivity index (χ0) is 20.0. The van der Waals surface area contributed by atoms with Crippen molar-refractivity contribution in [2.45, 2.75) is 12.7 Å². The summed E-state index contributed by atoms with van der Waals surface area (Å²) in [4.78, 5) is 12.8. The highest BCUT2D eigenvalue weighted by atomic mass is 19.4. The van der Waals surface area contributed by atoms with Crippen molar-refractivity contribution in [3.05, 3.63) is 66.5 Å². The summed E-state index contributed by atoms with van der Waals surface area (Å²) < 4.78 is 42.1. The van der Waals surface area contributed by atoms with Gasteiger partial charge in [0.15, 0.2) is 5.69 Å². The first-order chi connectivity index (χ1) is 14.0. The molecule has 0 unspecified atom stereocenters. The SMILES string of the molecule is FC(F)(F)c1cn2cc(N3CCN(Cc4cn5ccccc5n4)CC3)ccc2n1. The summed E-state index contributed by atoms with van der Waals surface area (Å²) in [5.41, 5.74) is 2.30. The minimum Gasteiger partial charge on any atom is -0.368 e. The third kappa shape index (κ3) is 3.53. The van der Waals surface area contributed by atoms with Crippen molar-refractivity contribution < 1.29 is 13.2 Å². The second kappa shape index (κ2) is 6.77. The van der Waals surface area contributed by atoms with Crippen LogP contribution in [0.3, 0.4) is 0 Å². The number of rotatable bonds is 3. The van der Waals surface area contributed by atoms with Crippen LogP contribution in [0.4, 0.5) is 18.9 Å². The molecule has 29 heavy (non-hydrogen) atoms. The molecule has 0 spiro atoms. The van der Waals surface area contributed by atoms with E-state index >= 15 is 0 Å². The number of pyridine rings is 2. The monoisotopic (exact) mass is 400 g/mol. The van der Waals surface area contributed by atoms with Gasteiger partial charge in [-0.05, 0) is 24.3 Å². The number of fused-ring (bicyclic) bond motifs is 2. The standard InChI is InChI=1S/C20H19F3N6/c21-20(22,23)17-14-29-13-16(4-5-19(29)25-17)27-9-7-26(8-10-27)11-15-12-28-6-2-1-3-18(28)24-15/h1-6,12-14H,7-11H2. The van der Waals surface area contributed by atoms with E-state index in [0.717, 1.165) is 55.9 Å². The van der Waals surface area contributed by atoms with Crippen LogP contribution < -0.4 is 4.90 Å². The second-order valence-corrected chi connectivity index (χ2v) is 7.24. The average Bonchev–Trinajstić information content (AvgIpc) is 3.31. The number of imidazole rings is 2. The number of piperazine rings is 1. The van der Waals surface area contributed by atoms with Crippen molar-refractivity contribution in [1.82, 2.24) is 23.7 Å². The van der Waals surface area contributed by atoms with E-state index in [-0.39, 0.29) is 0 Å². The summed E-state index contributed by atoms with van der Waals surface area (Å²) in [5.74, 6) is 0. The highest BCUT2D eigenvalue weighted by molar-refractivity contribution is 5.53. The molecule has 0 aromatic carbocycles. The Morgan fingerprint density at radius 2 is 1.62 bits per heavy atom. The van der Waals surface area contributed by atoms with Crippen LogP contribution in [-0.2, 0) is 12.7 Å². The Hall–Kier alpha value is -3.07. The van der Waals surface area contributed by atoms with Gasteiger partial charge in [0.2, 0.25) is 0 Å².